The van der Waals surface area contributed by atoms with Crippen molar-refractivity contribution in [3.63, 3.8) is 0 Å². The number of aldehydes is 1. The van der Waals surface area contributed by atoms with Crippen molar-refractivity contribution in [2.24, 2.45) is 0 Å². The van der Waals surface area contributed by atoms with Gasteiger partial charge in [0.2, 0.25) is 0 Å². The smallest absolute Gasteiger partial charge is 0.156 e. The van der Waals surface area contributed by atoms with Crippen LogP contribution in [0.1, 0.15) is 41.6 Å². The second kappa shape index (κ2) is 7.39. The van der Waals surface area contributed by atoms with E-state index in [-0.39, 0.29) is 23.7 Å². The lowest BCUT2D eigenvalue weighted by atomic mass is 9.87. The van der Waals surface area contributed by atoms with Crippen LogP contribution in [-0.2, 0) is 0 Å². The Balaban J connectivity index is 1.88. The molecule has 24 heavy (non-hydrogen) atoms. The minimum atomic E-state index is -0.602. The molecule has 1 aliphatic rings. The van der Waals surface area contributed by atoms with Gasteiger partial charge in [0, 0.05) is 5.56 Å². The van der Waals surface area contributed by atoms with Gasteiger partial charge in [-0.2, -0.15) is 0 Å². The van der Waals surface area contributed by atoms with Gasteiger partial charge in [-0.1, -0.05) is 24.3 Å². The third-order valence-electron chi connectivity index (χ3n) is 4.31. The molecule has 3 rings (SSSR count). The molecule has 0 fully saturated rings. The zero-order chi connectivity index (χ0) is 16.9. The molecule has 0 amide bonds. The Hall–Kier alpha value is -2.49. The van der Waals surface area contributed by atoms with Crippen molar-refractivity contribution < 1.29 is 18.3 Å². The molecule has 0 radical (unpaired) electrons. The Bertz CT molecular complexity index is 781. The van der Waals surface area contributed by atoms with Crippen molar-refractivity contribution in [2.45, 2.75) is 25.7 Å². The van der Waals surface area contributed by atoms with Gasteiger partial charge in [-0.05, 0) is 55.0 Å². The summed E-state index contributed by atoms with van der Waals surface area (Å²) < 4.78 is 33.4. The molecule has 2 aromatic carbocycles. The quantitative estimate of drug-likeness (QED) is 0.707. The summed E-state index contributed by atoms with van der Waals surface area (Å²) in [5.41, 5.74) is 2.49. The van der Waals surface area contributed by atoms with Crippen LogP contribution in [0, 0.1) is 11.6 Å². The lowest BCUT2D eigenvalue weighted by Crippen LogP contribution is -2.10. The average Bonchev–Trinajstić information content (AvgIpc) is 2.61. The second-order valence-corrected chi connectivity index (χ2v) is 5.83. The first-order valence-corrected chi connectivity index (χ1v) is 8.03. The SMILES string of the molecule is O=Cc1c(F)cccc1OCC1=C(c2ccccc2F)CCCC1. The van der Waals surface area contributed by atoms with Gasteiger partial charge in [-0.3, -0.25) is 4.79 Å². The van der Waals surface area contributed by atoms with E-state index >= 15 is 0 Å². The van der Waals surface area contributed by atoms with Gasteiger partial charge in [0.05, 0.1) is 5.56 Å². The standard InChI is InChI=1S/C20H18F2O2/c21-18-9-4-3-8-16(18)15-7-2-1-6-14(15)13-24-20-11-5-10-19(22)17(20)12-23/h3-5,8-12H,1-2,6-7,13H2. The molecule has 1 aliphatic carbocycles. The molecular formula is C20H18F2O2. The largest absolute Gasteiger partial charge is 0.488 e. The highest BCUT2D eigenvalue weighted by atomic mass is 19.1. The molecule has 0 spiro atoms. The molecule has 0 heterocycles. The maximum atomic E-state index is 14.1. The Morgan fingerprint density at radius 3 is 2.50 bits per heavy atom. The van der Waals surface area contributed by atoms with Gasteiger partial charge in [0.25, 0.3) is 0 Å². The van der Waals surface area contributed by atoms with Crippen molar-refractivity contribution in [1.82, 2.24) is 0 Å². The van der Waals surface area contributed by atoms with Crippen LogP contribution in [0.2, 0.25) is 0 Å². The molecule has 124 valence electrons. The predicted molar refractivity (Wildman–Crippen MR) is 89.1 cm³/mol. The average molecular weight is 328 g/mol. The highest BCUT2D eigenvalue weighted by molar-refractivity contribution is 5.79. The number of ether oxygens (including phenoxy) is 1. The summed E-state index contributed by atoms with van der Waals surface area (Å²) in [6, 6.07) is 11.0. The first-order valence-electron chi connectivity index (χ1n) is 8.03. The third kappa shape index (κ3) is 3.37. The fraction of sp³-hybridized carbons (Fsp3) is 0.250. The Labute approximate surface area is 139 Å². The molecule has 0 unspecified atom stereocenters. The van der Waals surface area contributed by atoms with Crippen molar-refractivity contribution in [3.05, 3.63) is 70.8 Å². The topological polar surface area (TPSA) is 26.3 Å². The fourth-order valence-electron chi connectivity index (χ4n) is 3.08. The number of benzene rings is 2. The predicted octanol–water partition coefficient (Wildman–Crippen LogP) is 5.18. The number of hydrogen-bond donors (Lipinski definition) is 0. The summed E-state index contributed by atoms with van der Waals surface area (Å²) in [5, 5.41) is 0. The van der Waals surface area contributed by atoms with Gasteiger partial charge in [0.1, 0.15) is 24.0 Å². The zero-order valence-corrected chi connectivity index (χ0v) is 13.2. The lowest BCUT2D eigenvalue weighted by Gasteiger charge is -2.22. The van der Waals surface area contributed by atoms with Crippen LogP contribution in [-0.4, -0.2) is 12.9 Å². The van der Waals surface area contributed by atoms with Crippen molar-refractivity contribution in [1.29, 1.82) is 0 Å². The van der Waals surface area contributed by atoms with E-state index in [1.54, 1.807) is 18.2 Å². The van der Waals surface area contributed by atoms with Crippen molar-refractivity contribution in [2.75, 3.05) is 6.61 Å². The van der Waals surface area contributed by atoms with Gasteiger partial charge in [-0.15, -0.1) is 0 Å². The fourth-order valence-corrected chi connectivity index (χ4v) is 3.08. The Morgan fingerprint density at radius 2 is 1.71 bits per heavy atom. The van der Waals surface area contributed by atoms with E-state index in [0.29, 0.717) is 11.8 Å². The molecule has 2 nitrogen and oxygen atoms in total. The second-order valence-electron chi connectivity index (χ2n) is 5.83. The van der Waals surface area contributed by atoms with Crippen LogP contribution in [0.15, 0.2) is 48.0 Å². The minimum Gasteiger partial charge on any atom is -0.488 e. The van der Waals surface area contributed by atoms with Crippen molar-refractivity contribution in [3.8, 4) is 5.75 Å². The Morgan fingerprint density at radius 1 is 0.958 bits per heavy atom. The summed E-state index contributed by atoms with van der Waals surface area (Å²) in [5.74, 6) is -0.628. The molecule has 0 saturated heterocycles. The first-order chi connectivity index (χ1) is 11.7. The molecule has 0 aliphatic heterocycles. The van der Waals surface area contributed by atoms with E-state index in [1.165, 1.54) is 18.2 Å². The lowest BCUT2D eigenvalue weighted by molar-refractivity contribution is 0.111. The Kier molecular flexibility index (Phi) is 5.04. The summed E-state index contributed by atoms with van der Waals surface area (Å²) in [6.45, 7) is 0.230. The molecule has 0 bridgehead atoms. The van der Waals surface area contributed by atoms with E-state index in [0.717, 1.165) is 36.8 Å². The maximum absolute atomic E-state index is 14.1. The number of carbonyl (C=O) groups is 1. The first kappa shape index (κ1) is 16.4. The zero-order valence-electron chi connectivity index (χ0n) is 13.2. The monoisotopic (exact) mass is 328 g/mol. The molecule has 0 atom stereocenters. The summed E-state index contributed by atoms with van der Waals surface area (Å²) in [4.78, 5) is 11.0. The van der Waals surface area contributed by atoms with E-state index < -0.39 is 5.82 Å². The van der Waals surface area contributed by atoms with Gasteiger partial charge in [-0.25, -0.2) is 8.78 Å². The van der Waals surface area contributed by atoms with Crippen LogP contribution in [0.5, 0.6) is 5.75 Å². The van der Waals surface area contributed by atoms with Gasteiger partial charge >= 0.3 is 0 Å². The van der Waals surface area contributed by atoms with Crippen molar-refractivity contribution >= 4 is 11.9 Å². The highest BCUT2D eigenvalue weighted by Gasteiger charge is 2.18. The number of allylic oxidation sites excluding steroid dienone is 1. The van der Waals surface area contributed by atoms with E-state index in [2.05, 4.69) is 0 Å². The third-order valence-corrected chi connectivity index (χ3v) is 4.31. The van der Waals surface area contributed by atoms with E-state index in [4.69, 9.17) is 4.74 Å². The number of rotatable bonds is 5. The normalized spacial score (nSPS) is 14.6. The number of halogens is 2. The summed E-state index contributed by atoms with van der Waals surface area (Å²) >= 11 is 0. The number of carbonyl (C=O) groups excluding carboxylic acids is 1. The van der Waals surface area contributed by atoms with Gasteiger partial charge in [0.15, 0.2) is 6.29 Å². The van der Waals surface area contributed by atoms with Crippen LogP contribution >= 0.6 is 0 Å². The molecule has 4 heteroatoms. The molecule has 2 aromatic rings. The van der Waals surface area contributed by atoms with E-state index in [9.17, 15) is 13.6 Å². The summed E-state index contributed by atoms with van der Waals surface area (Å²) in [6.07, 6.45) is 4.09. The molecule has 0 saturated carbocycles. The highest BCUT2D eigenvalue weighted by Crippen LogP contribution is 2.34. The molecule has 0 N–H and O–H groups in total. The molecule has 0 aromatic heterocycles. The molecular weight excluding hydrogens is 310 g/mol. The van der Waals surface area contributed by atoms with Crippen LogP contribution < -0.4 is 4.74 Å². The van der Waals surface area contributed by atoms with E-state index in [1.807, 2.05) is 6.07 Å². The van der Waals surface area contributed by atoms with Crippen LogP contribution in [0.3, 0.4) is 0 Å². The van der Waals surface area contributed by atoms with Crippen LogP contribution in [0.25, 0.3) is 5.57 Å². The number of hydrogen-bond acceptors (Lipinski definition) is 2. The summed E-state index contributed by atoms with van der Waals surface area (Å²) in [7, 11) is 0. The maximum Gasteiger partial charge on any atom is 0.156 e. The van der Waals surface area contributed by atoms with Gasteiger partial charge < -0.3 is 4.74 Å². The minimum absolute atomic E-state index is 0.0821. The van der Waals surface area contributed by atoms with Crippen LogP contribution in [0.4, 0.5) is 8.78 Å².